The van der Waals surface area contributed by atoms with Gasteiger partial charge in [-0.3, -0.25) is 4.79 Å². The van der Waals surface area contributed by atoms with E-state index in [2.05, 4.69) is 5.32 Å². The molecule has 2 aromatic carbocycles. The van der Waals surface area contributed by atoms with Crippen LogP contribution in [-0.2, 0) is 4.79 Å². The molecule has 0 bridgehead atoms. The first kappa shape index (κ1) is 15.4. The van der Waals surface area contributed by atoms with Crippen molar-refractivity contribution in [2.45, 2.75) is 18.7 Å². The number of anilines is 2. The van der Waals surface area contributed by atoms with Gasteiger partial charge in [-0.15, -0.1) is 11.8 Å². The van der Waals surface area contributed by atoms with Crippen molar-refractivity contribution in [3.05, 3.63) is 53.3 Å². The molecule has 3 N–H and O–H groups in total. The zero-order chi connectivity index (χ0) is 15.4. The van der Waals surface area contributed by atoms with E-state index >= 15 is 0 Å². The number of benzene rings is 2. The highest BCUT2D eigenvalue weighted by molar-refractivity contribution is 8.00. The lowest BCUT2D eigenvalue weighted by atomic mass is 10.2. The Labute approximate surface area is 127 Å². The lowest BCUT2D eigenvalue weighted by Gasteiger charge is -2.09. The van der Waals surface area contributed by atoms with E-state index in [-0.39, 0.29) is 17.5 Å². The molecular formula is C16H17FN2OS. The van der Waals surface area contributed by atoms with Crippen LogP contribution in [-0.4, -0.2) is 11.7 Å². The van der Waals surface area contributed by atoms with Gasteiger partial charge >= 0.3 is 0 Å². The van der Waals surface area contributed by atoms with Crippen LogP contribution < -0.4 is 11.1 Å². The number of nitrogen functional groups attached to an aromatic ring is 1. The molecule has 0 saturated carbocycles. The Balaban J connectivity index is 1.95. The van der Waals surface area contributed by atoms with Gasteiger partial charge in [-0.25, -0.2) is 4.39 Å². The lowest BCUT2D eigenvalue weighted by Crippen LogP contribution is -2.15. The Morgan fingerprint density at radius 3 is 2.67 bits per heavy atom. The summed E-state index contributed by atoms with van der Waals surface area (Å²) in [7, 11) is 0. The van der Waals surface area contributed by atoms with Crippen molar-refractivity contribution in [2.24, 2.45) is 0 Å². The monoisotopic (exact) mass is 304 g/mol. The second kappa shape index (κ2) is 6.63. The lowest BCUT2D eigenvalue weighted by molar-refractivity contribution is -0.113. The minimum Gasteiger partial charge on any atom is -0.399 e. The smallest absolute Gasteiger partial charge is 0.234 e. The number of hydrogen-bond acceptors (Lipinski definition) is 3. The second-order valence-corrected chi connectivity index (χ2v) is 5.86. The average molecular weight is 304 g/mol. The van der Waals surface area contributed by atoms with Gasteiger partial charge < -0.3 is 11.1 Å². The predicted molar refractivity (Wildman–Crippen MR) is 86.1 cm³/mol. The summed E-state index contributed by atoms with van der Waals surface area (Å²) in [4.78, 5) is 12.9. The minimum absolute atomic E-state index is 0.164. The number of nitrogens with one attached hydrogen (secondary N) is 1. The molecule has 0 radical (unpaired) electrons. The van der Waals surface area contributed by atoms with Crippen LogP contribution in [0.2, 0.25) is 0 Å². The normalized spacial score (nSPS) is 10.4. The van der Waals surface area contributed by atoms with Gasteiger partial charge in [-0.1, -0.05) is 6.07 Å². The first-order chi connectivity index (χ1) is 9.95. The summed E-state index contributed by atoms with van der Waals surface area (Å²) in [6.45, 7) is 3.75. The van der Waals surface area contributed by atoms with Gasteiger partial charge in [-0.05, 0) is 55.3 Å². The zero-order valence-corrected chi connectivity index (χ0v) is 12.8. The van der Waals surface area contributed by atoms with Crippen molar-refractivity contribution in [2.75, 3.05) is 16.8 Å². The molecule has 1 amide bonds. The van der Waals surface area contributed by atoms with Gasteiger partial charge in [0.05, 0.1) is 5.75 Å². The summed E-state index contributed by atoms with van der Waals surface area (Å²) in [6, 6.07) is 9.99. The summed E-state index contributed by atoms with van der Waals surface area (Å²) in [5.74, 6) is -0.264. The molecular weight excluding hydrogens is 287 g/mol. The van der Waals surface area contributed by atoms with E-state index in [0.717, 1.165) is 21.7 Å². The highest BCUT2D eigenvalue weighted by Gasteiger charge is 2.07. The second-order valence-electron chi connectivity index (χ2n) is 4.81. The number of hydrogen-bond donors (Lipinski definition) is 2. The van der Waals surface area contributed by atoms with Crippen LogP contribution in [0.15, 0.2) is 41.3 Å². The molecule has 110 valence electrons. The summed E-state index contributed by atoms with van der Waals surface area (Å²) in [6.07, 6.45) is 0. The fourth-order valence-electron chi connectivity index (χ4n) is 1.80. The van der Waals surface area contributed by atoms with Gasteiger partial charge in [0.1, 0.15) is 5.82 Å². The maximum absolute atomic E-state index is 13.2. The molecule has 2 aromatic rings. The van der Waals surface area contributed by atoms with Crippen LogP contribution >= 0.6 is 11.8 Å². The molecule has 21 heavy (non-hydrogen) atoms. The molecule has 0 spiro atoms. The maximum Gasteiger partial charge on any atom is 0.234 e. The van der Waals surface area contributed by atoms with E-state index in [0.29, 0.717) is 5.69 Å². The fourth-order valence-corrected chi connectivity index (χ4v) is 2.60. The first-order valence-electron chi connectivity index (χ1n) is 6.50. The van der Waals surface area contributed by atoms with Gasteiger partial charge in [-0.2, -0.15) is 0 Å². The zero-order valence-electron chi connectivity index (χ0n) is 11.9. The number of carbonyl (C=O) groups is 1. The van der Waals surface area contributed by atoms with Crippen molar-refractivity contribution < 1.29 is 9.18 Å². The van der Waals surface area contributed by atoms with Crippen LogP contribution in [0, 0.1) is 19.7 Å². The third-order valence-corrected chi connectivity index (χ3v) is 4.08. The first-order valence-corrected chi connectivity index (χ1v) is 7.49. The van der Waals surface area contributed by atoms with Crippen molar-refractivity contribution in [3.63, 3.8) is 0 Å². The topological polar surface area (TPSA) is 55.1 Å². The number of aryl methyl sites for hydroxylation is 2. The summed E-state index contributed by atoms with van der Waals surface area (Å²) < 4.78 is 13.2. The Morgan fingerprint density at radius 2 is 1.95 bits per heavy atom. The SMILES string of the molecule is Cc1cc(SCC(=O)Nc2cc(F)ccc2C)ccc1N. The molecule has 0 aliphatic carbocycles. The van der Waals surface area contributed by atoms with Crippen LogP contribution in [0.1, 0.15) is 11.1 Å². The number of rotatable bonds is 4. The Hall–Kier alpha value is -2.01. The van der Waals surface area contributed by atoms with Gasteiger partial charge in [0.25, 0.3) is 0 Å². The van der Waals surface area contributed by atoms with E-state index in [1.54, 1.807) is 6.07 Å². The van der Waals surface area contributed by atoms with Crippen molar-refractivity contribution in [1.29, 1.82) is 0 Å². The molecule has 2 rings (SSSR count). The summed E-state index contributed by atoms with van der Waals surface area (Å²) >= 11 is 1.42. The molecule has 0 atom stereocenters. The average Bonchev–Trinajstić information content (AvgIpc) is 2.44. The maximum atomic E-state index is 13.2. The standard InChI is InChI=1S/C16H17FN2OS/c1-10-3-4-12(17)8-15(10)19-16(20)9-21-13-5-6-14(18)11(2)7-13/h3-8H,9,18H2,1-2H3,(H,19,20). The number of thioether (sulfide) groups is 1. The largest absolute Gasteiger partial charge is 0.399 e. The number of halogens is 1. The molecule has 0 aliphatic rings. The van der Waals surface area contributed by atoms with Crippen molar-refractivity contribution in [3.8, 4) is 0 Å². The van der Waals surface area contributed by atoms with Crippen LogP contribution in [0.25, 0.3) is 0 Å². The van der Waals surface area contributed by atoms with Gasteiger partial charge in [0.15, 0.2) is 0 Å². The quantitative estimate of drug-likeness (QED) is 0.668. The predicted octanol–water partition coefficient (Wildman–Crippen LogP) is 3.76. The van der Waals surface area contributed by atoms with Crippen LogP contribution in [0.5, 0.6) is 0 Å². The third-order valence-electron chi connectivity index (χ3n) is 3.08. The van der Waals surface area contributed by atoms with Crippen molar-refractivity contribution >= 4 is 29.0 Å². The van der Waals surface area contributed by atoms with Gasteiger partial charge in [0, 0.05) is 16.3 Å². The highest BCUT2D eigenvalue weighted by Crippen LogP contribution is 2.23. The number of amides is 1. The van der Waals surface area contributed by atoms with E-state index in [1.807, 2.05) is 32.0 Å². The molecule has 0 aliphatic heterocycles. The third kappa shape index (κ3) is 4.23. The summed E-state index contributed by atoms with van der Waals surface area (Å²) in [5, 5.41) is 2.72. The molecule has 5 heteroatoms. The molecule has 0 unspecified atom stereocenters. The number of nitrogens with two attached hydrogens (primary N) is 1. The van der Waals surface area contributed by atoms with Crippen LogP contribution in [0.4, 0.5) is 15.8 Å². The highest BCUT2D eigenvalue weighted by atomic mass is 32.2. The van der Waals surface area contributed by atoms with Crippen LogP contribution in [0.3, 0.4) is 0 Å². The number of carbonyl (C=O) groups excluding carboxylic acids is 1. The summed E-state index contributed by atoms with van der Waals surface area (Å²) in [5.41, 5.74) is 8.82. The van der Waals surface area contributed by atoms with Crippen molar-refractivity contribution in [1.82, 2.24) is 0 Å². The van der Waals surface area contributed by atoms with E-state index in [4.69, 9.17) is 5.73 Å². The Kier molecular flexibility index (Phi) is 4.85. The molecule has 0 saturated heterocycles. The molecule has 0 heterocycles. The van der Waals surface area contributed by atoms with Gasteiger partial charge in [0.2, 0.25) is 5.91 Å². The van der Waals surface area contributed by atoms with E-state index in [1.165, 1.54) is 23.9 Å². The molecule has 3 nitrogen and oxygen atoms in total. The molecule has 0 aromatic heterocycles. The Morgan fingerprint density at radius 1 is 1.19 bits per heavy atom. The van der Waals surface area contributed by atoms with E-state index < -0.39 is 0 Å². The Bertz CT molecular complexity index is 673. The minimum atomic E-state index is -0.363. The molecule has 0 fully saturated rings. The van der Waals surface area contributed by atoms with E-state index in [9.17, 15) is 9.18 Å². The fraction of sp³-hybridized carbons (Fsp3) is 0.188.